The minimum Gasteiger partial charge on any atom is -0.375 e. The van der Waals surface area contributed by atoms with Gasteiger partial charge in [-0.3, -0.25) is 19.7 Å². The van der Waals surface area contributed by atoms with Gasteiger partial charge in [-0.05, 0) is 6.42 Å². The van der Waals surface area contributed by atoms with Crippen molar-refractivity contribution in [3.8, 4) is 0 Å². The van der Waals surface area contributed by atoms with E-state index in [1.54, 1.807) is 0 Å². The lowest BCUT2D eigenvalue weighted by atomic mass is 10.1. The molecule has 0 saturated carbocycles. The molecule has 4 N–H and O–H groups in total. The predicted octanol–water partition coefficient (Wildman–Crippen LogP) is -0.740. The lowest BCUT2D eigenvalue weighted by molar-refractivity contribution is -0.134. The largest absolute Gasteiger partial charge is 0.375 e. The summed E-state index contributed by atoms with van der Waals surface area (Å²) in [5.74, 6) is -1.27. The van der Waals surface area contributed by atoms with Crippen molar-refractivity contribution >= 4 is 34.2 Å². The number of rotatable bonds is 2. The second-order valence-electron chi connectivity index (χ2n) is 3.55. The summed E-state index contributed by atoms with van der Waals surface area (Å²) in [6.07, 6.45) is 0.520. The summed E-state index contributed by atoms with van der Waals surface area (Å²) >= 11 is 1.15. The number of amides is 3. The van der Waals surface area contributed by atoms with Gasteiger partial charge in [-0.25, -0.2) is 4.98 Å². The Bertz CT molecular complexity index is 484. The SMILES string of the molecule is Nc1nc(C(=O)NC2CCC(=O)NC2=O)cs1. The summed E-state index contributed by atoms with van der Waals surface area (Å²) in [5, 5.41) is 6.46. The zero-order valence-corrected chi connectivity index (χ0v) is 9.54. The number of anilines is 1. The highest BCUT2D eigenvalue weighted by molar-refractivity contribution is 7.13. The molecule has 17 heavy (non-hydrogen) atoms. The highest BCUT2D eigenvalue weighted by Crippen LogP contribution is 2.12. The first-order chi connectivity index (χ1) is 8.06. The first kappa shape index (κ1) is 11.5. The molecule has 8 heteroatoms. The number of carbonyl (C=O) groups excluding carboxylic acids is 3. The molecule has 7 nitrogen and oxygen atoms in total. The molecule has 90 valence electrons. The van der Waals surface area contributed by atoms with E-state index in [-0.39, 0.29) is 18.0 Å². The molecule has 3 amide bonds. The number of piperidine rings is 1. The van der Waals surface area contributed by atoms with Gasteiger partial charge in [-0.2, -0.15) is 0 Å². The van der Waals surface area contributed by atoms with Crippen LogP contribution in [0.3, 0.4) is 0 Å². The molecule has 1 aromatic rings. The second kappa shape index (κ2) is 4.50. The summed E-state index contributed by atoms with van der Waals surface area (Å²) in [5.41, 5.74) is 5.58. The Kier molecular flexibility index (Phi) is 3.05. The number of nitrogen functional groups attached to an aromatic ring is 1. The van der Waals surface area contributed by atoms with Crippen LogP contribution < -0.4 is 16.4 Å². The number of hydrogen-bond donors (Lipinski definition) is 3. The maximum atomic E-state index is 11.7. The number of aromatic nitrogens is 1. The fourth-order valence-electron chi connectivity index (χ4n) is 1.46. The van der Waals surface area contributed by atoms with Gasteiger partial charge in [-0.1, -0.05) is 0 Å². The van der Waals surface area contributed by atoms with Crippen LogP contribution in [-0.2, 0) is 9.59 Å². The van der Waals surface area contributed by atoms with Crippen molar-refractivity contribution in [1.29, 1.82) is 0 Å². The monoisotopic (exact) mass is 254 g/mol. The molecule has 1 aliphatic heterocycles. The Morgan fingerprint density at radius 2 is 2.35 bits per heavy atom. The van der Waals surface area contributed by atoms with Crippen LogP contribution in [0.5, 0.6) is 0 Å². The van der Waals surface area contributed by atoms with Crippen LogP contribution in [0.4, 0.5) is 5.13 Å². The van der Waals surface area contributed by atoms with E-state index in [2.05, 4.69) is 15.6 Å². The van der Waals surface area contributed by atoms with E-state index < -0.39 is 17.9 Å². The number of nitrogens with two attached hydrogens (primary N) is 1. The topological polar surface area (TPSA) is 114 Å². The lowest BCUT2D eigenvalue weighted by Gasteiger charge is -2.21. The molecule has 1 aromatic heterocycles. The van der Waals surface area contributed by atoms with Crippen LogP contribution in [-0.4, -0.2) is 28.7 Å². The molecule has 2 rings (SSSR count). The van der Waals surface area contributed by atoms with E-state index >= 15 is 0 Å². The van der Waals surface area contributed by atoms with E-state index in [1.165, 1.54) is 5.38 Å². The van der Waals surface area contributed by atoms with Gasteiger partial charge in [0.05, 0.1) is 0 Å². The quantitative estimate of drug-likeness (QED) is 0.601. The third-order valence-electron chi connectivity index (χ3n) is 2.30. The molecule has 1 aliphatic rings. The Morgan fingerprint density at radius 3 is 2.94 bits per heavy atom. The fourth-order valence-corrected chi connectivity index (χ4v) is 2.00. The molecule has 2 heterocycles. The van der Waals surface area contributed by atoms with Crippen molar-refractivity contribution in [2.75, 3.05) is 5.73 Å². The summed E-state index contributed by atoms with van der Waals surface area (Å²) < 4.78 is 0. The Morgan fingerprint density at radius 1 is 1.59 bits per heavy atom. The normalized spacial score (nSPS) is 19.9. The van der Waals surface area contributed by atoms with Crippen molar-refractivity contribution in [1.82, 2.24) is 15.6 Å². The van der Waals surface area contributed by atoms with E-state index in [0.717, 1.165) is 11.3 Å². The zero-order chi connectivity index (χ0) is 12.4. The Hall–Kier alpha value is -1.96. The molecule has 1 saturated heterocycles. The fraction of sp³-hybridized carbons (Fsp3) is 0.333. The maximum absolute atomic E-state index is 11.7. The summed E-state index contributed by atoms with van der Waals surface area (Å²) in [6, 6.07) is -0.692. The van der Waals surface area contributed by atoms with E-state index in [4.69, 9.17) is 5.73 Å². The van der Waals surface area contributed by atoms with Gasteiger partial charge in [0.1, 0.15) is 11.7 Å². The van der Waals surface area contributed by atoms with Gasteiger partial charge in [0.25, 0.3) is 5.91 Å². The third kappa shape index (κ3) is 2.59. The number of carbonyl (C=O) groups is 3. The van der Waals surface area contributed by atoms with Crippen LogP contribution in [0.25, 0.3) is 0 Å². The van der Waals surface area contributed by atoms with Crippen molar-refractivity contribution < 1.29 is 14.4 Å². The third-order valence-corrected chi connectivity index (χ3v) is 2.97. The van der Waals surface area contributed by atoms with Gasteiger partial charge in [0.15, 0.2) is 5.13 Å². The highest BCUT2D eigenvalue weighted by Gasteiger charge is 2.28. The molecule has 1 atom stereocenters. The summed E-state index contributed by atoms with van der Waals surface area (Å²) in [7, 11) is 0. The standard InChI is InChI=1S/C9H10N4O3S/c10-9-12-5(3-17-9)8(16)11-4-1-2-6(14)13-7(4)15/h3-4H,1-2H2,(H2,10,12)(H,11,16)(H,13,14,15). The summed E-state index contributed by atoms with van der Waals surface area (Å²) in [6.45, 7) is 0. The summed E-state index contributed by atoms with van der Waals surface area (Å²) in [4.78, 5) is 37.8. The molecule has 0 spiro atoms. The molecule has 0 bridgehead atoms. The molecule has 0 aliphatic carbocycles. The average Bonchev–Trinajstić information content (AvgIpc) is 2.69. The van der Waals surface area contributed by atoms with Crippen LogP contribution in [0.2, 0.25) is 0 Å². The molecule has 1 unspecified atom stereocenters. The van der Waals surface area contributed by atoms with Crippen molar-refractivity contribution in [2.45, 2.75) is 18.9 Å². The van der Waals surface area contributed by atoms with E-state index in [9.17, 15) is 14.4 Å². The molecule has 1 fully saturated rings. The zero-order valence-electron chi connectivity index (χ0n) is 8.73. The van der Waals surface area contributed by atoms with Crippen LogP contribution >= 0.6 is 11.3 Å². The van der Waals surface area contributed by atoms with Crippen LogP contribution in [0.1, 0.15) is 23.3 Å². The number of nitrogens with zero attached hydrogens (tertiary/aromatic N) is 1. The van der Waals surface area contributed by atoms with Crippen LogP contribution in [0, 0.1) is 0 Å². The number of nitrogens with one attached hydrogen (secondary N) is 2. The van der Waals surface area contributed by atoms with Crippen molar-refractivity contribution in [3.05, 3.63) is 11.1 Å². The number of thiazole rings is 1. The first-order valence-electron chi connectivity index (χ1n) is 4.92. The number of hydrogen-bond acceptors (Lipinski definition) is 6. The van der Waals surface area contributed by atoms with Crippen molar-refractivity contribution in [3.63, 3.8) is 0 Å². The highest BCUT2D eigenvalue weighted by atomic mass is 32.1. The Labute approximate surface area is 100 Å². The average molecular weight is 254 g/mol. The van der Waals surface area contributed by atoms with E-state index in [0.29, 0.717) is 11.6 Å². The van der Waals surface area contributed by atoms with Gasteiger partial charge in [0.2, 0.25) is 11.8 Å². The van der Waals surface area contributed by atoms with Gasteiger partial charge in [0, 0.05) is 11.8 Å². The van der Waals surface area contributed by atoms with Gasteiger partial charge >= 0.3 is 0 Å². The lowest BCUT2D eigenvalue weighted by Crippen LogP contribution is -2.52. The minimum atomic E-state index is -0.692. The maximum Gasteiger partial charge on any atom is 0.271 e. The van der Waals surface area contributed by atoms with Gasteiger partial charge < -0.3 is 11.1 Å². The molecular weight excluding hydrogens is 244 g/mol. The van der Waals surface area contributed by atoms with Crippen LogP contribution in [0.15, 0.2) is 5.38 Å². The van der Waals surface area contributed by atoms with Crippen molar-refractivity contribution in [2.24, 2.45) is 0 Å². The smallest absolute Gasteiger partial charge is 0.271 e. The predicted molar refractivity (Wildman–Crippen MR) is 60.2 cm³/mol. The van der Waals surface area contributed by atoms with E-state index in [1.807, 2.05) is 0 Å². The van der Waals surface area contributed by atoms with Gasteiger partial charge in [-0.15, -0.1) is 11.3 Å². The molecule has 0 radical (unpaired) electrons. The molecular formula is C9H10N4O3S. The number of imide groups is 1. The Balaban J connectivity index is 1.99. The molecule has 0 aromatic carbocycles. The minimum absolute atomic E-state index is 0.178. The second-order valence-corrected chi connectivity index (χ2v) is 4.44. The first-order valence-corrected chi connectivity index (χ1v) is 5.80.